The van der Waals surface area contributed by atoms with Gasteiger partial charge in [0, 0.05) is 5.41 Å². The predicted octanol–water partition coefficient (Wildman–Crippen LogP) is 8.23. The summed E-state index contributed by atoms with van der Waals surface area (Å²) in [5.41, 5.74) is 1.48. The van der Waals surface area contributed by atoms with E-state index in [9.17, 15) is 10.2 Å². The number of hydrogen-bond acceptors (Lipinski definition) is 2. The van der Waals surface area contributed by atoms with Gasteiger partial charge in [0.2, 0.25) is 0 Å². The zero-order chi connectivity index (χ0) is 20.6. The molecule has 152 valence electrons. The van der Waals surface area contributed by atoms with E-state index < -0.39 is 0 Å². The smallest absolute Gasteiger partial charge is 0.152 e. The Balaban J connectivity index is 2.13. The zero-order valence-electron chi connectivity index (χ0n) is 15.9. The first-order valence-electron chi connectivity index (χ1n) is 9.56. The summed E-state index contributed by atoms with van der Waals surface area (Å²) < 4.78 is 0. The van der Waals surface area contributed by atoms with E-state index in [2.05, 4.69) is 13.8 Å². The molecule has 0 amide bonds. The lowest BCUT2D eigenvalue weighted by Crippen LogP contribution is -2.34. The molecule has 2 nitrogen and oxygen atoms in total. The summed E-state index contributed by atoms with van der Waals surface area (Å²) in [7, 11) is 0. The summed E-state index contributed by atoms with van der Waals surface area (Å²) in [4.78, 5) is 0. The van der Waals surface area contributed by atoms with E-state index in [1.807, 2.05) is 0 Å². The van der Waals surface area contributed by atoms with Crippen molar-refractivity contribution in [3.8, 4) is 11.5 Å². The monoisotopic (exact) mass is 460 g/mol. The van der Waals surface area contributed by atoms with Crippen LogP contribution in [0.15, 0.2) is 24.3 Å². The van der Waals surface area contributed by atoms with Crippen molar-refractivity contribution in [1.29, 1.82) is 0 Å². The summed E-state index contributed by atoms with van der Waals surface area (Å²) in [6.45, 7) is 4.53. The topological polar surface area (TPSA) is 40.5 Å². The fraction of sp³-hybridized carbons (Fsp3) is 0.455. The Labute approximate surface area is 186 Å². The molecule has 1 aliphatic carbocycles. The SMILES string of the molecule is CCC(C)C1CCC(c2cc(Cl)c(O)c(Cl)c2)(c2cc(Cl)c(O)c(Cl)c2)CC1. The van der Waals surface area contributed by atoms with E-state index >= 15 is 0 Å². The molecule has 1 unspecified atom stereocenters. The van der Waals surface area contributed by atoms with Crippen molar-refractivity contribution < 1.29 is 10.2 Å². The van der Waals surface area contributed by atoms with Gasteiger partial charge in [-0.05, 0) is 72.9 Å². The van der Waals surface area contributed by atoms with E-state index in [0.29, 0.717) is 11.8 Å². The third-order valence-corrected chi connectivity index (χ3v) is 7.62. The summed E-state index contributed by atoms with van der Waals surface area (Å²) in [5.74, 6) is 1.09. The van der Waals surface area contributed by atoms with Gasteiger partial charge in [-0.1, -0.05) is 66.7 Å². The standard InChI is InChI=1S/C22H24Cl4O2/c1-3-12(2)13-4-6-22(7-5-13,14-8-16(23)20(27)17(24)9-14)15-10-18(25)21(28)19(26)11-15/h8-13,27-28H,3-7H2,1-2H3. The van der Waals surface area contributed by atoms with Crippen LogP contribution in [-0.4, -0.2) is 10.2 Å². The van der Waals surface area contributed by atoms with E-state index in [4.69, 9.17) is 46.4 Å². The quantitative estimate of drug-likeness (QED) is 0.481. The fourth-order valence-electron chi connectivity index (χ4n) is 4.46. The molecule has 28 heavy (non-hydrogen) atoms. The third kappa shape index (κ3) is 3.94. The molecule has 3 rings (SSSR count). The second kappa shape index (κ2) is 8.52. The minimum Gasteiger partial charge on any atom is -0.505 e. The number of phenolic OH excluding ortho intramolecular Hbond substituents is 2. The highest BCUT2D eigenvalue weighted by Crippen LogP contribution is 2.52. The van der Waals surface area contributed by atoms with Gasteiger partial charge in [0.05, 0.1) is 20.1 Å². The number of phenols is 2. The van der Waals surface area contributed by atoms with Crippen LogP contribution in [0.3, 0.4) is 0 Å². The maximum Gasteiger partial charge on any atom is 0.152 e. The highest BCUT2D eigenvalue weighted by molar-refractivity contribution is 6.37. The van der Waals surface area contributed by atoms with Crippen molar-refractivity contribution in [2.45, 2.75) is 51.4 Å². The number of rotatable bonds is 4. The Morgan fingerprint density at radius 2 is 1.21 bits per heavy atom. The van der Waals surface area contributed by atoms with Gasteiger partial charge in [-0.25, -0.2) is 0 Å². The zero-order valence-corrected chi connectivity index (χ0v) is 18.9. The molecule has 0 aromatic heterocycles. The molecule has 1 saturated carbocycles. The van der Waals surface area contributed by atoms with Crippen LogP contribution in [-0.2, 0) is 5.41 Å². The van der Waals surface area contributed by atoms with Crippen molar-refractivity contribution in [2.24, 2.45) is 11.8 Å². The Morgan fingerprint density at radius 1 is 0.857 bits per heavy atom. The lowest BCUT2D eigenvalue weighted by atomic mass is 9.61. The van der Waals surface area contributed by atoms with Crippen LogP contribution in [0.4, 0.5) is 0 Å². The van der Waals surface area contributed by atoms with Gasteiger partial charge in [0.1, 0.15) is 0 Å². The lowest BCUT2D eigenvalue weighted by Gasteiger charge is -2.43. The van der Waals surface area contributed by atoms with Gasteiger partial charge in [0.15, 0.2) is 11.5 Å². The van der Waals surface area contributed by atoms with Crippen LogP contribution >= 0.6 is 46.4 Å². The molecule has 1 fully saturated rings. The molecule has 0 spiro atoms. The number of hydrogen-bond donors (Lipinski definition) is 2. The largest absolute Gasteiger partial charge is 0.505 e. The van der Waals surface area contributed by atoms with Gasteiger partial charge in [-0.3, -0.25) is 0 Å². The molecule has 1 atom stereocenters. The third-order valence-electron chi connectivity index (χ3n) is 6.47. The summed E-state index contributed by atoms with van der Waals surface area (Å²) >= 11 is 25.0. The molecule has 2 aromatic carbocycles. The number of halogens is 4. The Hall–Kier alpha value is -0.800. The average molecular weight is 462 g/mol. The van der Waals surface area contributed by atoms with Gasteiger partial charge in [-0.2, -0.15) is 0 Å². The molecule has 6 heteroatoms. The lowest BCUT2D eigenvalue weighted by molar-refractivity contribution is 0.204. The molecule has 0 aliphatic heterocycles. The first kappa shape index (κ1) is 21.9. The highest BCUT2D eigenvalue weighted by Gasteiger charge is 2.40. The van der Waals surface area contributed by atoms with Gasteiger partial charge < -0.3 is 10.2 Å². The maximum absolute atomic E-state index is 10.0. The molecule has 2 aromatic rings. The molecular formula is C22H24Cl4O2. The summed E-state index contributed by atoms with van der Waals surface area (Å²) in [5, 5.41) is 20.9. The number of aromatic hydroxyl groups is 2. The van der Waals surface area contributed by atoms with Crippen LogP contribution in [0.1, 0.15) is 57.1 Å². The summed E-state index contributed by atoms with van der Waals surface area (Å²) in [6.07, 6.45) is 5.04. The minimum atomic E-state index is -0.383. The van der Waals surface area contributed by atoms with Gasteiger partial charge in [0.25, 0.3) is 0 Å². The van der Waals surface area contributed by atoms with Crippen molar-refractivity contribution in [1.82, 2.24) is 0 Å². The Kier molecular flexibility index (Phi) is 6.66. The minimum absolute atomic E-state index is 0.114. The van der Waals surface area contributed by atoms with Crippen LogP contribution in [0, 0.1) is 11.8 Å². The molecule has 0 saturated heterocycles. The van der Waals surface area contributed by atoms with Crippen LogP contribution in [0.2, 0.25) is 20.1 Å². The van der Waals surface area contributed by atoms with Crippen molar-refractivity contribution in [3.63, 3.8) is 0 Å². The molecule has 1 aliphatic rings. The van der Waals surface area contributed by atoms with E-state index in [1.165, 1.54) is 0 Å². The first-order chi connectivity index (χ1) is 13.2. The molecule has 2 N–H and O–H groups in total. The van der Waals surface area contributed by atoms with Crippen molar-refractivity contribution in [3.05, 3.63) is 55.5 Å². The maximum atomic E-state index is 10.0. The highest BCUT2D eigenvalue weighted by atomic mass is 35.5. The number of benzene rings is 2. The second-order valence-electron chi connectivity index (χ2n) is 7.88. The summed E-state index contributed by atoms with van der Waals surface area (Å²) in [6, 6.07) is 7.12. The van der Waals surface area contributed by atoms with Gasteiger partial charge >= 0.3 is 0 Å². The predicted molar refractivity (Wildman–Crippen MR) is 118 cm³/mol. The molecule has 0 radical (unpaired) electrons. The van der Waals surface area contributed by atoms with Crippen molar-refractivity contribution in [2.75, 3.05) is 0 Å². The second-order valence-corrected chi connectivity index (χ2v) is 9.51. The molecular weight excluding hydrogens is 438 g/mol. The van der Waals surface area contributed by atoms with Crippen LogP contribution in [0.25, 0.3) is 0 Å². The van der Waals surface area contributed by atoms with Crippen molar-refractivity contribution >= 4 is 46.4 Å². The van der Waals surface area contributed by atoms with Gasteiger partial charge in [-0.15, -0.1) is 0 Å². The molecule has 0 heterocycles. The van der Waals surface area contributed by atoms with E-state index in [1.54, 1.807) is 24.3 Å². The first-order valence-corrected chi connectivity index (χ1v) is 11.1. The average Bonchev–Trinajstić information content (AvgIpc) is 2.68. The molecule has 0 bridgehead atoms. The normalized spacial score (nSPS) is 18.2. The Bertz CT molecular complexity index is 767. The van der Waals surface area contributed by atoms with Crippen LogP contribution < -0.4 is 0 Å². The Morgan fingerprint density at radius 3 is 1.54 bits per heavy atom. The van der Waals surface area contributed by atoms with E-state index in [-0.39, 0.29) is 37.0 Å². The van der Waals surface area contributed by atoms with E-state index in [0.717, 1.165) is 43.2 Å². The fourth-order valence-corrected chi connectivity index (χ4v) is 5.44. The van der Waals surface area contributed by atoms with Crippen LogP contribution in [0.5, 0.6) is 11.5 Å².